The lowest BCUT2D eigenvalue weighted by Gasteiger charge is -2.39. The highest BCUT2D eigenvalue weighted by Gasteiger charge is 2.47. The maximum Gasteiger partial charge on any atom is 0.235 e. The smallest absolute Gasteiger partial charge is 0.235 e. The van der Waals surface area contributed by atoms with Gasteiger partial charge in [-0.2, -0.15) is 0 Å². The van der Waals surface area contributed by atoms with Crippen LogP contribution in [0.1, 0.15) is 39.0 Å². The molecular formula is C11H19ClO3S. The first-order chi connectivity index (χ1) is 7.41. The summed E-state index contributed by atoms with van der Waals surface area (Å²) in [5, 5.41) is 0. The molecule has 0 aromatic carbocycles. The first-order valence-electron chi connectivity index (χ1n) is 5.95. The molecule has 16 heavy (non-hydrogen) atoms. The van der Waals surface area contributed by atoms with Crippen LogP contribution in [0.5, 0.6) is 0 Å². The Balaban J connectivity index is 2.12. The van der Waals surface area contributed by atoms with Crippen LogP contribution in [0.25, 0.3) is 0 Å². The van der Waals surface area contributed by atoms with Crippen molar-refractivity contribution in [1.82, 2.24) is 0 Å². The Hall–Kier alpha value is 0.200. The van der Waals surface area contributed by atoms with Gasteiger partial charge >= 0.3 is 0 Å². The van der Waals surface area contributed by atoms with E-state index in [1.807, 2.05) is 0 Å². The molecule has 1 aliphatic carbocycles. The highest BCUT2D eigenvalue weighted by Crippen LogP contribution is 2.49. The van der Waals surface area contributed by atoms with E-state index in [1.165, 1.54) is 12.8 Å². The molecule has 3 nitrogen and oxygen atoms in total. The van der Waals surface area contributed by atoms with E-state index in [9.17, 15) is 8.42 Å². The first kappa shape index (κ1) is 12.7. The molecule has 1 saturated carbocycles. The van der Waals surface area contributed by atoms with Gasteiger partial charge in [0.1, 0.15) is 0 Å². The molecule has 2 rings (SSSR count). The molecule has 3 atom stereocenters. The molecule has 2 fully saturated rings. The van der Waals surface area contributed by atoms with Gasteiger partial charge in [0.15, 0.2) is 0 Å². The van der Waals surface area contributed by atoms with Crippen LogP contribution in [0.3, 0.4) is 0 Å². The van der Waals surface area contributed by atoms with Crippen LogP contribution < -0.4 is 0 Å². The molecule has 1 aliphatic heterocycles. The molecular weight excluding hydrogens is 248 g/mol. The molecule has 0 radical (unpaired) electrons. The van der Waals surface area contributed by atoms with Gasteiger partial charge in [0.05, 0.1) is 11.9 Å². The molecule has 2 aliphatic rings. The minimum Gasteiger partial charge on any atom is -0.377 e. The standard InChI is InChI=1S/C11H19ClO3S/c1-9-3-2-4-11(7-9)5-6-15-10(11)8-16(12,13)14/h9-10H,2-8H2,1H3. The third kappa shape index (κ3) is 2.71. The SMILES string of the molecule is CC1CCCC2(CCOC2CS(=O)(=O)Cl)C1. The lowest BCUT2D eigenvalue weighted by Crippen LogP contribution is -2.39. The average Bonchev–Trinajstić information content (AvgIpc) is 2.46. The maximum atomic E-state index is 11.2. The summed E-state index contributed by atoms with van der Waals surface area (Å²) in [4.78, 5) is 0. The number of hydrogen-bond donors (Lipinski definition) is 0. The lowest BCUT2D eigenvalue weighted by molar-refractivity contribution is 0.0321. The molecule has 0 aromatic rings. The topological polar surface area (TPSA) is 43.4 Å². The van der Waals surface area contributed by atoms with Crippen molar-refractivity contribution in [1.29, 1.82) is 0 Å². The third-order valence-electron chi connectivity index (χ3n) is 4.08. The van der Waals surface area contributed by atoms with Crippen molar-refractivity contribution in [3.8, 4) is 0 Å². The summed E-state index contributed by atoms with van der Waals surface area (Å²) >= 11 is 0. The second kappa shape index (κ2) is 4.46. The van der Waals surface area contributed by atoms with Crippen LogP contribution in [0.2, 0.25) is 0 Å². The fraction of sp³-hybridized carbons (Fsp3) is 1.00. The van der Waals surface area contributed by atoms with E-state index < -0.39 is 9.05 Å². The van der Waals surface area contributed by atoms with Crippen LogP contribution in [-0.4, -0.2) is 26.9 Å². The van der Waals surface area contributed by atoms with Crippen LogP contribution >= 0.6 is 10.7 Å². The quantitative estimate of drug-likeness (QED) is 0.722. The molecule has 5 heteroatoms. The molecule has 1 heterocycles. The summed E-state index contributed by atoms with van der Waals surface area (Å²) in [7, 11) is 1.89. The predicted molar refractivity (Wildman–Crippen MR) is 64.1 cm³/mol. The molecule has 1 saturated heterocycles. The van der Waals surface area contributed by atoms with E-state index >= 15 is 0 Å². The minimum absolute atomic E-state index is 0.0265. The van der Waals surface area contributed by atoms with Gasteiger partial charge in [-0.3, -0.25) is 0 Å². The Kier molecular flexibility index (Phi) is 3.53. The first-order valence-corrected chi connectivity index (χ1v) is 8.43. The highest BCUT2D eigenvalue weighted by atomic mass is 35.7. The van der Waals surface area contributed by atoms with Crippen molar-refractivity contribution in [2.45, 2.75) is 45.1 Å². The Morgan fingerprint density at radius 1 is 1.44 bits per heavy atom. The zero-order chi connectivity index (χ0) is 11.8. The Morgan fingerprint density at radius 2 is 2.19 bits per heavy atom. The van der Waals surface area contributed by atoms with E-state index in [2.05, 4.69) is 6.92 Å². The molecule has 1 spiro atoms. The zero-order valence-corrected chi connectivity index (χ0v) is 11.2. The Morgan fingerprint density at radius 3 is 2.81 bits per heavy atom. The summed E-state index contributed by atoms with van der Waals surface area (Å²) in [6, 6.07) is 0. The van der Waals surface area contributed by atoms with Crippen molar-refractivity contribution in [3.05, 3.63) is 0 Å². The van der Waals surface area contributed by atoms with Crippen molar-refractivity contribution in [2.24, 2.45) is 11.3 Å². The molecule has 0 aromatic heterocycles. The van der Waals surface area contributed by atoms with Crippen molar-refractivity contribution in [3.63, 3.8) is 0 Å². The van der Waals surface area contributed by atoms with Crippen molar-refractivity contribution < 1.29 is 13.2 Å². The van der Waals surface area contributed by atoms with Gasteiger partial charge in [0.2, 0.25) is 9.05 Å². The largest absolute Gasteiger partial charge is 0.377 e. The van der Waals surface area contributed by atoms with E-state index in [4.69, 9.17) is 15.4 Å². The summed E-state index contributed by atoms with van der Waals surface area (Å²) < 4.78 is 28.0. The summed E-state index contributed by atoms with van der Waals surface area (Å²) in [5.41, 5.74) is 0.0830. The van der Waals surface area contributed by atoms with Gasteiger partial charge < -0.3 is 4.74 Å². The van der Waals surface area contributed by atoms with Crippen LogP contribution in [0.4, 0.5) is 0 Å². The van der Waals surface area contributed by atoms with Crippen LogP contribution in [-0.2, 0) is 13.8 Å². The van der Waals surface area contributed by atoms with E-state index in [1.54, 1.807) is 0 Å². The van der Waals surface area contributed by atoms with Gasteiger partial charge in [0.25, 0.3) is 0 Å². The van der Waals surface area contributed by atoms with E-state index in [0.29, 0.717) is 12.5 Å². The van der Waals surface area contributed by atoms with E-state index in [0.717, 1.165) is 19.3 Å². The molecule has 3 unspecified atom stereocenters. The summed E-state index contributed by atoms with van der Waals surface area (Å²) in [5.74, 6) is 0.650. The van der Waals surface area contributed by atoms with Gasteiger partial charge in [-0.25, -0.2) is 8.42 Å². The number of ether oxygens (including phenoxy) is 1. The number of rotatable bonds is 2. The van der Waals surface area contributed by atoms with E-state index in [-0.39, 0.29) is 17.3 Å². The molecule has 0 amide bonds. The van der Waals surface area contributed by atoms with Gasteiger partial charge in [-0.1, -0.05) is 19.8 Å². The summed E-state index contributed by atoms with van der Waals surface area (Å²) in [6.45, 7) is 2.93. The average molecular weight is 267 g/mol. The Bertz CT molecular complexity index is 354. The monoisotopic (exact) mass is 266 g/mol. The Labute approximate surface area is 102 Å². The fourth-order valence-corrected chi connectivity index (χ4v) is 4.52. The normalized spacial score (nSPS) is 40.4. The second-order valence-corrected chi connectivity index (χ2v) is 8.20. The number of hydrogen-bond acceptors (Lipinski definition) is 3. The van der Waals surface area contributed by atoms with Crippen LogP contribution in [0, 0.1) is 11.3 Å². The molecule has 94 valence electrons. The van der Waals surface area contributed by atoms with Crippen LogP contribution in [0.15, 0.2) is 0 Å². The van der Waals surface area contributed by atoms with Gasteiger partial charge in [0, 0.05) is 22.7 Å². The lowest BCUT2D eigenvalue weighted by atomic mass is 9.66. The molecule has 0 bridgehead atoms. The van der Waals surface area contributed by atoms with Gasteiger partial charge in [-0.15, -0.1) is 0 Å². The zero-order valence-electron chi connectivity index (χ0n) is 9.62. The fourth-order valence-electron chi connectivity index (χ4n) is 3.37. The predicted octanol–water partition coefficient (Wildman–Crippen LogP) is 2.54. The highest BCUT2D eigenvalue weighted by molar-refractivity contribution is 8.13. The summed E-state index contributed by atoms with van der Waals surface area (Å²) in [6.07, 6.45) is 5.43. The van der Waals surface area contributed by atoms with Crippen molar-refractivity contribution in [2.75, 3.05) is 12.4 Å². The van der Waals surface area contributed by atoms with Gasteiger partial charge in [-0.05, 0) is 25.2 Å². The minimum atomic E-state index is -3.45. The maximum absolute atomic E-state index is 11.2. The van der Waals surface area contributed by atoms with Crippen molar-refractivity contribution >= 4 is 19.7 Å². The third-order valence-corrected chi connectivity index (χ3v) is 5.16. The number of halogens is 1. The molecule has 0 N–H and O–H groups in total. The second-order valence-electron chi connectivity index (χ2n) is 5.38.